The zero-order valence-electron chi connectivity index (χ0n) is 19.5. The molecule has 2 aromatic carbocycles. The van der Waals surface area contributed by atoms with Gasteiger partial charge in [0, 0.05) is 19.1 Å². The summed E-state index contributed by atoms with van der Waals surface area (Å²) in [6, 6.07) is 16.2. The molecule has 0 unspecified atom stereocenters. The van der Waals surface area contributed by atoms with Crippen LogP contribution in [0.1, 0.15) is 61.4 Å². The van der Waals surface area contributed by atoms with Crippen molar-refractivity contribution in [3.05, 3.63) is 65.2 Å². The highest BCUT2D eigenvalue weighted by molar-refractivity contribution is 5.83. The maximum Gasteiger partial charge on any atom is 0.318 e. The van der Waals surface area contributed by atoms with E-state index < -0.39 is 0 Å². The van der Waals surface area contributed by atoms with Gasteiger partial charge in [0.2, 0.25) is 5.91 Å². The maximum absolute atomic E-state index is 13.5. The van der Waals surface area contributed by atoms with E-state index in [2.05, 4.69) is 41.4 Å². The molecule has 3 aliphatic rings. The van der Waals surface area contributed by atoms with E-state index in [0.717, 1.165) is 50.0 Å². The molecule has 3 heterocycles. The van der Waals surface area contributed by atoms with Crippen LogP contribution in [-0.4, -0.2) is 48.0 Å². The molecule has 4 atom stereocenters. The Morgan fingerprint density at radius 3 is 2.85 bits per heavy atom. The van der Waals surface area contributed by atoms with Crippen molar-refractivity contribution in [1.82, 2.24) is 15.1 Å². The Bertz CT molecular complexity index is 1040. The van der Waals surface area contributed by atoms with Gasteiger partial charge in [0.15, 0.2) is 0 Å². The summed E-state index contributed by atoms with van der Waals surface area (Å²) < 4.78 is 5.37. The predicted molar refractivity (Wildman–Crippen MR) is 127 cm³/mol. The first-order valence-electron chi connectivity index (χ1n) is 12.2. The number of carbonyl (C=O) groups is 2. The van der Waals surface area contributed by atoms with E-state index in [1.807, 2.05) is 29.2 Å². The zero-order valence-corrected chi connectivity index (χ0v) is 19.5. The number of urea groups is 1. The number of likely N-dealkylation sites (tertiary alicyclic amines) is 1. The van der Waals surface area contributed by atoms with Crippen LogP contribution in [-0.2, 0) is 11.2 Å². The second-order valence-electron chi connectivity index (χ2n) is 9.43. The lowest BCUT2D eigenvalue weighted by Gasteiger charge is -2.51. The van der Waals surface area contributed by atoms with Gasteiger partial charge in [-0.05, 0) is 60.9 Å². The van der Waals surface area contributed by atoms with Crippen molar-refractivity contribution in [3.63, 3.8) is 0 Å². The van der Waals surface area contributed by atoms with Gasteiger partial charge >= 0.3 is 6.03 Å². The maximum atomic E-state index is 13.5. The number of piperidine rings is 2. The highest BCUT2D eigenvalue weighted by atomic mass is 16.5. The van der Waals surface area contributed by atoms with E-state index in [4.69, 9.17) is 4.74 Å². The third-order valence-corrected chi connectivity index (χ3v) is 7.72. The molecule has 3 aliphatic heterocycles. The van der Waals surface area contributed by atoms with E-state index in [9.17, 15) is 9.59 Å². The van der Waals surface area contributed by atoms with E-state index >= 15 is 0 Å². The molecule has 2 aromatic rings. The number of ether oxygens (including phenoxy) is 1. The van der Waals surface area contributed by atoms with E-state index in [-0.39, 0.29) is 36.0 Å². The van der Waals surface area contributed by atoms with Gasteiger partial charge in [-0.25, -0.2) is 4.79 Å². The Balaban J connectivity index is 1.38. The van der Waals surface area contributed by atoms with Gasteiger partial charge in [0.05, 0.1) is 25.1 Å². The van der Waals surface area contributed by atoms with E-state index in [1.165, 1.54) is 11.1 Å². The van der Waals surface area contributed by atoms with Gasteiger partial charge in [-0.2, -0.15) is 0 Å². The molecule has 33 heavy (non-hydrogen) atoms. The van der Waals surface area contributed by atoms with Crippen LogP contribution in [0.3, 0.4) is 0 Å². The second kappa shape index (κ2) is 9.08. The summed E-state index contributed by atoms with van der Waals surface area (Å²) in [6.45, 7) is 3.55. The molecule has 0 aromatic heterocycles. The number of amides is 3. The first kappa shape index (κ1) is 21.8. The molecule has 0 spiro atoms. The van der Waals surface area contributed by atoms with Gasteiger partial charge in [-0.1, -0.05) is 43.3 Å². The summed E-state index contributed by atoms with van der Waals surface area (Å²) in [4.78, 5) is 31.0. The SMILES string of the molecule is CC[C@@H](NC(=O)N1CCC[C@H]2C(=O)N3CCc4ccccc4[C@H]3C[C@H]21)c1cccc(OC)c1. The molecule has 5 rings (SSSR count). The van der Waals surface area contributed by atoms with E-state index in [0.29, 0.717) is 6.54 Å². The number of benzene rings is 2. The van der Waals surface area contributed by atoms with Crippen molar-refractivity contribution in [1.29, 1.82) is 0 Å². The number of carbonyl (C=O) groups excluding carboxylic acids is 2. The molecule has 1 N–H and O–H groups in total. The Morgan fingerprint density at radius 2 is 2.03 bits per heavy atom. The van der Waals surface area contributed by atoms with Crippen molar-refractivity contribution in [3.8, 4) is 5.75 Å². The molecule has 2 fully saturated rings. The molecule has 6 nitrogen and oxygen atoms in total. The Hall–Kier alpha value is -3.02. The number of rotatable bonds is 4. The van der Waals surface area contributed by atoms with Gasteiger partial charge in [0.1, 0.15) is 5.75 Å². The fourth-order valence-electron chi connectivity index (χ4n) is 6.01. The standard InChI is InChI=1S/C27H33N3O3/c1-3-23(19-9-6-10-20(16-19)33-2)28-27(32)30-14-7-12-22-25(30)17-24-21-11-5-4-8-18(21)13-15-29(24)26(22)31/h4-6,8-11,16,22-25H,3,7,12-15,17H2,1-2H3,(H,28,32)/t22-,23-,24-,25-/m1/s1. The average Bonchev–Trinajstić information content (AvgIpc) is 2.87. The molecule has 0 saturated carbocycles. The Kier molecular flexibility index (Phi) is 6.00. The summed E-state index contributed by atoms with van der Waals surface area (Å²) in [6.07, 6.45) is 4.25. The lowest BCUT2D eigenvalue weighted by atomic mass is 9.76. The fourth-order valence-corrected chi connectivity index (χ4v) is 6.01. The fraction of sp³-hybridized carbons (Fsp3) is 0.481. The lowest BCUT2D eigenvalue weighted by Crippen LogP contribution is -2.61. The van der Waals surface area contributed by atoms with Crippen LogP contribution >= 0.6 is 0 Å². The van der Waals surface area contributed by atoms with Gasteiger partial charge in [0.25, 0.3) is 0 Å². The average molecular weight is 448 g/mol. The molecule has 2 saturated heterocycles. The number of nitrogens with one attached hydrogen (secondary N) is 1. The molecular weight excluding hydrogens is 414 g/mol. The molecule has 0 radical (unpaired) electrons. The van der Waals surface area contributed by atoms with Crippen LogP contribution in [0, 0.1) is 5.92 Å². The third-order valence-electron chi connectivity index (χ3n) is 7.72. The van der Waals surface area contributed by atoms with Crippen molar-refractivity contribution in [2.75, 3.05) is 20.2 Å². The van der Waals surface area contributed by atoms with Crippen molar-refractivity contribution < 1.29 is 14.3 Å². The smallest absolute Gasteiger partial charge is 0.318 e. The quantitative estimate of drug-likeness (QED) is 0.752. The van der Waals surface area contributed by atoms with E-state index in [1.54, 1.807) is 7.11 Å². The summed E-state index contributed by atoms with van der Waals surface area (Å²) >= 11 is 0. The minimum Gasteiger partial charge on any atom is -0.497 e. The molecular formula is C27H33N3O3. The number of hydrogen-bond acceptors (Lipinski definition) is 3. The highest BCUT2D eigenvalue weighted by Gasteiger charge is 2.48. The normalized spacial score (nSPS) is 24.9. The van der Waals surface area contributed by atoms with Crippen LogP contribution in [0.2, 0.25) is 0 Å². The summed E-state index contributed by atoms with van der Waals surface area (Å²) in [5, 5.41) is 3.25. The Morgan fingerprint density at radius 1 is 1.18 bits per heavy atom. The van der Waals surface area contributed by atoms with Crippen LogP contribution in [0.4, 0.5) is 4.79 Å². The van der Waals surface area contributed by atoms with Crippen molar-refractivity contribution in [2.24, 2.45) is 5.92 Å². The highest BCUT2D eigenvalue weighted by Crippen LogP contribution is 2.43. The number of methoxy groups -OCH3 is 1. The number of nitrogens with zero attached hydrogens (tertiary/aromatic N) is 2. The predicted octanol–water partition coefficient (Wildman–Crippen LogP) is 4.47. The van der Waals surface area contributed by atoms with Crippen LogP contribution in [0.15, 0.2) is 48.5 Å². The van der Waals surface area contributed by atoms with Crippen molar-refractivity contribution in [2.45, 2.75) is 57.2 Å². The number of hydrogen-bond donors (Lipinski definition) is 1. The Labute approximate surface area is 195 Å². The first-order chi connectivity index (χ1) is 16.1. The van der Waals surface area contributed by atoms with Gasteiger partial charge in [-0.15, -0.1) is 0 Å². The molecule has 0 bridgehead atoms. The zero-order chi connectivity index (χ0) is 22.9. The monoisotopic (exact) mass is 447 g/mol. The first-order valence-corrected chi connectivity index (χ1v) is 12.2. The minimum absolute atomic E-state index is 0.0542. The van der Waals surface area contributed by atoms with Crippen LogP contribution in [0.25, 0.3) is 0 Å². The second-order valence-corrected chi connectivity index (χ2v) is 9.43. The van der Waals surface area contributed by atoms with Gasteiger partial charge < -0.3 is 19.9 Å². The lowest BCUT2D eigenvalue weighted by molar-refractivity contribution is -0.148. The number of fused-ring (bicyclic) bond motifs is 4. The minimum atomic E-state index is -0.0980. The molecule has 174 valence electrons. The van der Waals surface area contributed by atoms with Crippen LogP contribution < -0.4 is 10.1 Å². The molecule has 0 aliphatic carbocycles. The molecule has 3 amide bonds. The summed E-state index contributed by atoms with van der Waals surface area (Å²) in [5.41, 5.74) is 3.62. The third kappa shape index (κ3) is 3.96. The largest absolute Gasteiger partial charge is 0.497 e. The van der Waals surface area contributed by atoms with Crippen molar-refractivity contribution >= 4 is 11.9 Å². The van der Waals surface area contributed by atoms with Crippen LogP contribution in [0.5, 0.6) is 5.75 Å². The summed E-state index contributed by atoms with van der Waals surface area (Å²) in [5.74, 6) is 0.915. The summed E-state index contributed by atoms with van der Waals surface area (Å²) in [7, 11) is 1.65. The molecule has 6 heteroatoms. The topological polar surface area (TPSA) is 61.9 Å². The van der Waals surface area contributed by atoms with Gasteiger partial charge in [-0.3, -0.25) is 4.79 Å².